The summed E-state index contributed by atoms with van der Waals surface area (Å²) in [4.78, 5) is 9.15. The molecule has 4 nitrogen and oxygen atoms in total. The van der Waals surface area contributed by atoms with Crippen molar-refractivity contribution in [2.24, 2.45) is 5.41 Å². The van der Waals surface area contributed by atoms with Gasteiger partial charge in [0.15, 0.2) is 0 Å². The lowest BCUT2D eigenvalue weighted by Crippen LogP contribution is -2.29. The molecule has 2 rings (SSSR count). The van der Waals surface area contributed by atoms with Crippen LogP contribution in [0.15, 0.2) is 6.07 Å². The summed E-state index contributed by atoms with van der Waals surface area (Å²) in [6.45, 7) is 8.64. The highest BCUT2D eigenvalue weighted by molar-refractivity contribution is 5.47. The van der Waals surface area contributed by atoms with E-state index in [9.17, 15) is 0 Å². The van der Waals surface area contributed by atoms with Crippen molar-refractivity contribution < 1.29 is 0 Å². The first-order valence-electron chi connectivity index (χ1n) is 8.51. The van der Waals surface area contributed by atoms with Crippen LogP contribution in [0.5, 0.6) is 0 Å². The highest BCUT2D eigenvalue weighted by Crippen LogP contribution is 2.35. The van der Waals surface area contributed by atoms with Crippen molar-refractivity contribution in [3.05, 3.63) is 11.9 Å². The van der Waals surface area contributed by atoms with E-state index in [0.717, 1.165) is 43.4 Å². The summed E-state index contributed by atoms with van der Waals surface area (Å²) >= 11 is 0. The zero-order chi connectivity index (χ0) is 15.1. The second kappa shape index (κ2) is 7.62. The highest BCUT2D eigenvalue weighted by atomic mass is 15.1. The molecule has 1 saturated carbocycles. The van der Waals surface area contributed by atoms with Crippen LogP contribution in [0.1, 0.15) is 65.1 Å². The average molecular weight is 290 g/mol. The topological polar surface area (TPSA) is 49.8 Å². The van der Waals surface area contributed by atoms with Gasteiger partial charge in [0.1, 0.15) is 17.5 Å². The lowest BCUT2D eigenvalue weighted by molar-refractivity contribution is 0.233. The van der Waals surface area contributed by atoms with Gasteiger partial charge in [-0.25, -0.2) is 9.97 Å². The number of rotatable bonds is 7. The van der Waals surface area contributed by atoms with Crippen molar-refractivity contribution >= 4 is 11.6 Å². The van der Waals surface area contributed by atoms with Gasteiger partial charge >= 0.3 is 0 Å². The Labute approximate surface area is 129 Å². The summed E-state index contributed by atoms with van der Waals surface area (Å²) < 4.78 is 0. The average Bonchev–Trinajstić information content (AvgIpc) is 2.51. The van der Waals surface area contributed by atoms with Crippen molar-refractivity contribution in [1.82, 2.24) is 9.97 Å². The Morgan fingerprint density at radius 1 is 1.05 bits per heavy atom. The van der Waals surface area contributed by atoms with E-state index >= 15 is 0 Å². The van der Waals surface area contributed by atoms with Gasteiger partial charge in [0.25, 0.3) is 0 Å². The smallest absolute Gasteiger partial charge is 0.132 e. The van der Waals surface area contributed by atoms with Crippen molar-refractivity contribution in [1.29, 1.82) is 0 Å². The SMILES string of the molecule is CCCNc1cc(NCC2(C)CCCCC2)nc(CC)n1. The monoisotopic (exact) mass is 290 g/mol. The molecule has 0 spiro atoms. The van der Waals surface area contributed by atoms with Crippen LogP contribution in [-0.2, 0) is 6.42 Å². The van der Waals surface area contributed by atoms with E-state index in [1.165, 1.54) is 32.1 Å². The molecule has 0 aliphatic heterocycles. The maximum atomic E-state index is 4.61. The summed E-state index contributed by atoms with van der Waals surface area (Å²) in [6.07, 6.45) is 8.75. The molecule has 2 N–H and O–H groups in total. The minimum absolute atomic E-state index is 0.423. The molecule has 0 atom stereocenters. The van der Waals surface area contributed by atoms with Crippen LogP contribution in [0.3, 0.4) is 0 Å². The minimum atomic E-state index is 0.423. The third-order valence-corrected chi connectivity index (χ3v) is 4.40. The number of aromatic nitrogens is 2. The van der Waals surface area contributed by atoms with Gasteiger partial charge < -0.3 is 10.6 Å². The van der Waals surface area contributed by atoms with Gasteiger partial charge in [0.05, 0.1) is 0 Å². The molecule has 0 bridgehead atoms. The van der Waals surface area contributed by atoms with E-state index in [0.29, 0.717) is 5.41 Å². The first kappa shape index (κ1) is 16.1. The molecule has 0 saturated heterocycles. The number of aryl methyl sites for hydroxylation is 1. The minimum Gasteiger partial charge on any atom is -0.370 e. The van der Waals surface area contributed by atoms with Crippen LogP contribution < -0.4 is 10.6 Å². The van der Waals surface area contributed by atoms with Crippen molar-refractivity contribution in [2.75, 3.05) is 23.7 Å². The molecule has 1 aromatic heterocycles. The predicted octanol–water partition coefficient (Wildman–Crippen LogP) is 4.24. The standard InChI is InChI=1S/C17H30N4/c1-4-11-18-15-12-16(21-14(5-2)20-15)19-13-17(3)9-7-6-8-10-17/h12H,4-11,13H2,1-3H3,(H2,18,19,20,21). The Bertz CT molecular complexity index is 438. The Kier molecular flexibility index (Phi) is 5.83. The molecule has 0 unspecified atom stereocenters. The number of anilines is 2. The van der Waals surface area contributed by atoms with Gasteiger partial charge in [-0.1, -0.05) is 40.0 Å². The quantitative estimate of drug-likeness (QED) is 0.788. The van der Waals surface area contributed by atoms with Gasteiger partial charge in [-0.3, -0.25) is 0 Å². The maximum absolute atomic E-state index is 4.61. The fraction of sp³-hybridized carbons (Fsp3) is 0.765. The van der Waals surface area contributed by atoms with E-state index in [4.69, 9.17) is 0 Å². The lowest BCUT2D eigenvalue weighted by atomic mass is 9.76. The largest absolute Gasteiger partial charge is 0.370 e. The van der Waals surface area contributed by atoms with Crippen molar-refractivity contribution in [2.45, 2.75) is 65.7 Å². The third kappa shape index (κ3) is 4.87. The number of hydrogen-bond acceptors (Lipinski definition) is 4. The predicted molar refractivity (Wildman–Crippen MR) is 89.9 cm³/mol. The zero-order valence-electron chi connectivity index (χ0n) is 13.8. The van der Waals surface area contributed by atoms with Gasteiger partial charge in [-0.05, 0) is 24.7 Å². The zero-order valence-corrected chi connectivity index (χ0v) is 13.8. The fourth-order valence-corrected chi connectivity index (χ4v) is 2.98. The second-order valence-corrected chi connectivity index (χ2v) is 6.56. The molecule has 4 heteroatoms. The van der Waals surface area contributed by atoms with E-state index in [1.54, 1.807) is 0 Å². The number of nitrogens with zero attached hydrogens (tertiary/aromatic N) is 2. The Morgan fingerprint density at radius 2 is 1.71 bits per heavy atom. The number of nitrogens with one attached hydrogen (secondary N) is 2. The van der Waals surface area contributed by atoms with Crippen LogP contribution in [0.25, 0.3) is 0 Å². The Balaban J connectivity index is 2.00. The molecule has 1 heterocycles. The molecule has 1 aliphatic rings. The van der Waals surface area contributed by atoms with E-state index in [-0.39, 0.29) is 0 Å². The van der Waals surface area contributed by atoms with Gasteiger partial charge in [-0.15, -0.1) is 0 Å². The van der Waals surface area contributed by atoms with Gasteiger partial charge in [-0.2, -0.15) is 0 Å². The van der Waals surface area contributed by atoms with E-state index < -0.39 is 0 Å². The summed E-state index contributed by atoms with van der Waals surface area (Å²) in [6, 6.07) is 2.04. The fourth-order valence-electron chi connectivity index (χ4n) is 2.98. The molecule has 0 radical (unpaired) electrons. The molecule has 1 fully saturated rings. The normalized spacial score (nSPS) is 17.5. The van der Waals surface area contributed by atoms with Crippen molar-refractivity contribution in [3.63, 3.8) is 0 Å². The van der Waals surface area contributed by atoms with E-state index in [2.05, 4.69) is 41.4 Å². The second-order valence-electron chi connectivity index (χ2n) is 6.56. The first-order valence-corrected chi connectivity index (χ1v) is 8.51. The summed E-state index contributed by atoms with van der Waals surface area (Å²) in [7, 11) is 0. The Morgan fingerprint density at radius 3 is 2.33 bits per heavy atom. The molecule has 0 aromatic carbocycles. The van der Waals surface area contributed by atoms with Gasteiger partial charge in [0, 0.05) is 25.6 Å². The highest BCUT2D eigenvalue weighted by Gasteiger charge is 2.26. The van der Waals surface area contributed by atoms with Crippen LogP contribution in [0.2, 0.25) is 0 Å². The van der Waals surface area contributed by atoms with Crippen LogP contribution >= 0.6 is 0 Å². The molecule has 1 aromatic rings. The lowest BCUT2D eigenvalue weighted by Gasteiger charge is -2.33. The molecule has 0 amide bonds. The number of hydrogen-bond donors (Lipinski definition) is 2. The van der Waals surface area contributed by atoms with Crippen LogP contribution in [0.4, 0.5) is 11.6 Å². The molecule has 1 aliphatic carbocycles. The van der Waals surface area contributed by atoms with E-state index in [1.807, 2.05) is 6.07 Å². The summed E-state index contributed by atoms with van der Waals surface area (Å²) in [5.74, 6) is 2.82. The summed E-state index contributed by atoms with van der Waals surface area (Å²) in [5.41, 5.74) is 0.423. The molecule has 118 valence electrons. The van der Waals surface area contributed by atoms with Gasteiger partial charge in [0.2, 0.25) is 0 Å². The molecule has 21 heavy (non-hydrogen) atoms. The Hall–Kier alpha value is -1.32. The third-order valence-electron chi connectivity index (χ3n) is 4.40. The van der Waals surface area contributed by atoms with Crippen LogP contribution in [0, 0.1) is 5.41 Å². The van der Waals surface area contributed by atoms with Crippen molar-refractivity contribution in [3.8, 4) is 0 Å². The van der Waals surface area contributed by atoms with Crippen LogP contribution in [-0.4, -0.2) is 23.1 Å². The molecular weight excluding hydrogens is 260 g/mol. The molecular formula is C17H30N4. The maximum Gasteiger partial charge on any atom is 0.132 e. The summed E-state index contributed by atoms with van der Waals surface area (Å²) in [5, 5.41) is 6.92. The first-order chi connectivity index (χ1) is 10.1.